The maximum absolute atomic E-state index is 9.77. The maximum atomic E-state index is 9.77. The molecule has 0 aliphatic heterocycles. The SMILES string of the molecule is C=C[C@H](COCC=O)OC. The van der Waals surface area contributed by atoms with Crippen LogP contribution in [0.15, 0.2) is 12.7 Å². The molecule has 0 rings (SSSR count). The zero-order valence-corrected chi connectivity index (χ0v) is 6.08. The van der Waals surface area contributed by atoms with Crippen LogP contribution in [-0.4, -0.2) is 32.7 Å². The molecular formula is C7H12O3. The maximum Gasteiger partial charge on any atom is 0.145 e. The molecule has 58 valence electrons. The minimum Gasteiger partial charge on any atom is -0.375 e. The van der Waals surface area contributed by atoms with Crippen molar-refractivity contribution in [1.82, 2.24) is 0 Å². The zero-order chi connectivity index (χ0) is 7.82. The van der Waals surface area contributed by atoms with Gasteiger partial charge in [-0.05, 0) is 0 Å². The standard InChI is InChI=1S/C7H12O3/c1-3-7(9-2)6-10-5-4-8/h3-4,7H,1,5-6H2,2H3/t7-/m1/s1. The summed E-state index contributed by atoms with van der Waals surface area (Å²) in [4.78, 5) is 9.77. The lowest BCUT2D eigenvalue weighted by Gasteiger charge is -2.08. The molecule has 0 aromatic heterocycles. The normalized spacial score (nSPS) is 12.5. The van der Waals surface area contributed by atoms with E-state index in [4.69, 9.17) is 9.47 Å². The first-order valence-electron chi connectivity index (χ1n) is 3.02. The van der Waals surface area contributed by atoms with Gasteiger partial charge in [0.05, 0.1) is 12.7 Å². The number of hydrogen-bond acceptors (Lipinski definition) is 3. The quantitative estimate of drug-likeness (QED) is 0.307. The van der Waals surface area contributed by atoms with Crippen LogP contribution in [0.5, 0.6) is 0 Å². The van der Waals surface area contributed by atoms with Gasteiger partial charge in [-0.15, -0.1) is 6.58 Å². The summed E-state index contributed by atoms with van der Waals surface area (Å²) < 4.78 is 9.75. The largest absolute Gasteiger partial charge is 0.375 e. The second-order valence-electron chi connectivity index (χ2n) is 1.71. The van der Waals surface area contributed by atoms with Gasteiger partial charge in [-0.25, -0.2) is 0 Å². The number of rotatable bonds is 6. The molecule has 0 aliphatic carbocycles. The molecule has 3 heteroatoms. The minimum absolute atomic E-state index is 0.111. The van der Waals surface area contributed by atoms with Crippen LogP contribution in [0.3, 0.4) is 0 Å². The van der Waals surface area contributed by atoms with E-state index in [0.717, 1.165) is 0 Å². The second-order valence-corrected chi connectivity index (χ2v) is 1.71. The van der Waals surface area contributed by atoms with E-state index >= 15 is 0 Å². The summed E-state index contributed by atoms with van der Waals surface area (Å²) in [6.07, 6.45) is 2.22. The van der Waals surface area contributed by atoms with Crippen molar-refractivity contribution in [2.45, 2.75) is 6.10 Å². The van der Waals surface area contributed by atoms with Crippen LogP contribution in [0.2, 0.25) is 0 Å². The molecule has 0 unspecified atom stereocenters. The van der Waals surface area contributed by atoms with Gasteiger partial charge in [-0.3, -0.25) is 0 Å². The van der Waals surface area contributed by atoms with Crippen molar-refractivity contribution >= 4 is 6.29 Å². The van der Waals surface area contributed by atoms with Gasteiger partial charge in [0.1, 0.15) is 12.9 Å². The molecule has 0 fully saturated rings. The Labute approximate surface area is 60.6 Å². The van der Waals surface area contributed by atoms with Crippen LogP contribution in [0.1, 0.15) is 0 Å². The molecule has 0 saturated heterocycles. The van der Waals surface area contributed by atoms with Crippen molar-refractivity contribution in [2.24, 2.45) is 0 Å². The van der Waals surface area contributed by atoms with E-state index in [1.165, 1.54) is 0 Å². The average Bonchev–Trinajstić information content (AvgIpc) is 1.99. The first-order chi connectivity index (χ1) is 4.85. The smallest absolute Gasteiger partial charge is 0.145 e. The summed E-state index contributed by atoms with van der Waals surface area (Å²) in [5, 5.41) is 0. The lowest BCUT2D eigenvalue weighted by molar-refractivity contribution is -0.112. The van der Waals surface area contributed by atoms with Crippen molar-refractivity contribution < 1.29 is 14.3 Å². The molecule has 0 spiro atoms. The van der Waals surface area contributed by atoms with Gasteiger partial charge < -0.3 is 14.3 Å². The molecule has 0 saturated carbocycles. The molecule has 0 N–H and O–H groups in total. The van der Waals surface area contributed by atoms with Crippen LogP contribution in [-0.2, 0) is 14.3 Å². The molecule has 0 aromatic rings. The Bertz CT molecular complexity index is 101. The summed E-state index contributed by atoms with van der Waals surface area (Å²) in [6.45, 7) is 4.02. The van der Waals surface area contributed by atoms with Crippen molar-refractivity contribution in [1.29, 1.82) is 0 Å². The molecule has 3 nitrogen and oxygen atoms in total. The molecule has 0 amide bonds. The summed E-state index contributed by atoms with van der Waals surface area (Å²) in [5.74, 6) is 0. The Morgan fingerprint density at radius 2 is 2.40 bits per heavy atom. The van der Waals surface area contributed by atoms with Gasteiger partial charge in [0.15, 0.2) is 0 Å². The third kappa shape index (κ3) is 4.23. The average molecular weight is 144 g/mol. The molecule has 0 bridgehead atoms. The van der Waals surface area contributed by atoms with Gasteiger partial charge in [-0.1, -0.05) is 6.08 Å². The first-order valence-corrected chi connectivity index (χ1v) is 3.02. The van der Waals surface area contributed by atoms with Crippen LogP contribution < -0.4 is 0 Å². The molecule has 1 atom stereocenters. The molecule has 0 aliphatic rings. The minimum atomic E-state index is -0.111. The lowest BCUT2D eigenvalue weighted by atomic mass is 10.4. The fraction of sp³-hybridized carbons (Fsp3) is 0.571. The van der Waals surface area contributed by atoms with Crippen LogP contribution >= 0.6 is 0 Å². The van der Waals surface area contributed by atoms with E-state index < -0.39 is 0 Å². The fourth-order valence-electron chi connectivity index (χ4n) is 0.465. The predicted molar refractivity (Wildman–Crippen MR) is 37.9 cm³/mol. The van der Waals surface area contributed by atoms with Crippen molar-refractivity contribution in [3.05, 3.63) is 12.7 Å². The van der Waals surface area contributed by atoms with Gasteiger partial charge in [0, 0.05) is 7.11 Å². The highest BCUT2D eigenvalue weighted by atomic mass is 16.5. The fourth-order valence-corrected chi connectivity index (χ4v) is 0.465. The molecule has 0 radical (unpaired) electrons. The highest BCUT2D eigenvalue weighted by molar-refractivity contribution is 5.50. The second kappa shape index (κ2) is 6.45. The summed E-state index contributed by atoms with van der Waals surface area (Å²) in [6, 6.07) is 0. The number of ether oxygens (including phenoxy) is 2. The Morgan fingerprint density at radius 1 is 1.70 bits per heavy atom. The number of carbonyl (C=O) groups is 1. The highest BCUT2D eigenvalue weighted by Crippen LogP contribution is 1.90. The lowest BCUT2D eigenvalue weighted by Crippen LogP contribution is -2.15. The van der Waals surface area contributed by atoms with Crippen LogP contribution in [0.25, 0.3) is 0 Å². The van der Waals surface area contributed by atoms with E-state index in [0.29, 0.717) is 12.9 Å². The van der Waals surface area contributed by atoms with E-state index in [1.54, 1.807) is 13.2 Å². The summed E-state index contributed by atoms with van der Waals surface area (Å²) in [5.41, 5.74) is 0. The number of carbonyl (C=O) groups excluding carboxylic acids is 1. The first kappa shape index (κ1) is 9.33. The van der Waals surface area contributed by atoms with Gasteiger partial charge in [-0.2, -0.15) is 0 Å². The van der Waals surface area contributed by atoms with Crippen molar-refractivity contribution in [3.63, 3.8) is 0 Å². The number of methoxy groups -OCH3 is 1. The summed E-state index contributed by atoms with van der Waals surface area (Å²) >= 11 is 0. The number of hydrogen-bond donors (Lipinski definition) is 0. The molecule has 0 aromatic carbocycles. The van der Waals surface area contributed by atoms with Crippen LogP contribution in [0.4, 0.5) is 0 Å². The van der Waals surface area contributed by atoms with E-state index in [9.17, 15) is 4.79 Å². The van der Waals surface area contributed by atoms with Crippen LogP contribution in [0, 0.1) is 0 Å². The zero-order valence-electron chi connectivity index (χ0n) is 6.08. The number of aldehydes is 1. The van der Waals surface area contributed by atoms with Gasteiger partial charge >= 0.3 is 0 Å². The van der Waals surface area contributed by atoms with Gasteiger partial charge in [0.2, 0.25) is 0 Å². The Kier molecular flexibility index (Phi) is 6.02. The predicted octanol–water partition coefficient (Wildman–Crippen LogP) is 0.403. The topological polar surface area (TPSA) is 35.5 Å². The molecule has 0 heterocycles. The van der Waals surface area contributed by atoms with E-state index in [-0.39, 0.29) is 12.7 Å². The highest BCUT2D eigenvalue weighted by Gasteiger charge is 1.99. The molecular weight excluding hydrogens is 132 g/mol. The summed E-state index contributed by atoms with van der Waals surface area (Å²) in [7, 11) is 1.57. The monoisotopic (exact) mass is 144 g/mol. The Morgan fingerprint density at radius 3 is 2.80 bits per heavy atom. The van der Waals surface area contributed by atoms with Crippen molar-refractivity contribution in [2.75, 3.05) is 20.3 Å². The van der Waals surface area contributed by atoms with E-state index in [1.807, 2.05) is 0 Å². The molecule has 10 heavy (non-hydrogen) atoms. The van der Waals surface area contributed by atoms with E-state index in [2.05, 4.69) is 6.58 Å². The Hall–Kier alpha value is -0.670. The van der Waals surface area contributed by atoms with Gasteiger partial charge in [0.25, 0.3) is 0 Å². The van der Waals surface area contributed by atoms with Crippen molar-refractivity contribution in [3.8, 4) is 0 Å². The third-order valence-electron chi connectivity index (χ3n) is 1.03. The third-order valence-corrected chi connectivity index (χ3v) is 1.03. The Balaban J connectivity index is 3.25.